The van der Waals surface area contributed by atoms with Gasteiger partial charge in [0.15, 0.2) is 0 Å². The van der Waals surface area contributed by atoms with E-state index in [2.05, 4.69) is 0 Å². The van der Waals surface area contributed by atoms with Gasteiger partial charge in [0.05, 0.1) is 0 Å². The van der Waals surface area contributed by atoms with Crippen molar-refractivity contribution in [3.05, 3.63) is 48.0 Å². The lowest BCUT2D eigenvalue weighted by Gasteiger charge is -2.08. The van der Waals surface area contributed by atoms with Crippen molar-refractivity contribution in [2.75, 3.05) is 0 Å². The molecule has 2 aromatic carbocycles. The van der Waals surface area contributed by atoms with Crippen LogP contribution in [-0.2, 0) is 0 Å². The minimum Gasteiger partial charge on any atom is -0.528 e. The summed E-state index contributed by atoms with van der Waals surface area (Å²) >= 11 is 0. The quantitative estimate of drug-likeness (QED) is 0.832. The number of halogens is 2. The maximum atomic E-state index is 12.9. The summed E-state index contributed by atoms with van der Waals surface area (Å²) in [6.07, 6.45) is 0. The molecule has 0 fully saturated rings. The molecule has 0 bridgehead atoms. The van der Waals surface area contributed by atoms with Gasteiger partial charge >= 0.3 is 7.69 Å². The van der Waals surface area contributed by atoms with Crippen LogP contribution in [0.5, 0.6) is 23.0 Å². The molecule has 4 nitrogen and oxygen atoms in total. The Morgan fingerprint density at radius 1 is 0.737 bits per heavy atom. The largest absolute Gasteiger partial charge is 0.576 e. The summed E-state index contributed by atoms with van der Waals surface area (Å²) in [5.74, 6) is -1.73. The number of phenolic OH excluding ortho intramolecular Hbond substituents is 2. The molecule has 2 rings (SSSR count). The Balaban J connectivity index is 1.96. The summed E-state index contributed by atoms with van der Waals surface area (Å²) in [6, 6.07) is 6.39. The van der Waals surface area contributed by atoms with Gasteiger partial charge in [-0.1, -0.05) is 0 Å². The van der Waals surface area contributed by atoms with Gasteiger partial charge in [0.2, 0.25) is 0 Å². The minimum absolute atomic E-state index is 0.0677. The summed E-state index contributed by atoms with van der Waals surface area (Å²) in [7, 11) is -0.328. The van der Waals surface area contributed by atoms with E-state index in [0.717, 1.165) is 24.3 Å². The van der Waals surface area contributed by atoms with E-state index in [9.17, 15) is 8.78 Å². The zero-order valence-electron chi connectivity index (χ0n) is 9.64. The molecule has 0 aliphatic rings. The van der Waals surface area contributed by atoms with Crippen LogP contribution in [0.3, 0.4) is 0 Å². The Labute approximate surface area is 108 Å². The fourth-order valence-electron chi connectivity index (χ4n) is 1.43. The van der Waals surface area contributed by atoms with Crippen LogP contribution in [0, 0.1) is 11.6 Å². The van der Waals surface area contributed by atoms with Gasteiger partial charge in [-0.2, -0.15) is 0 Å². The average molecular weight is 266 g/mol. The number of aromatic hydroxyl groups is 2. The second kappa shape index (κ2) is 5.47. The highest BCUT2D eigenvalue weighted by molar-refractivity contribution is 6.20. The SMILES string of the molecule is Oc1cc(F)cc(OBOc2cc(O)cc(F)c2)c1. The molecular formula is C12H9BF2O4. The Morgan fingerprint density at radius 3 is 1.53 bits per heavy atom. The third kappa shape index (κ3) is 3.77. The first-order valence-electron chi connectivity index (χ1n) is 5.27. The van der Waals surface area contributed by atoms with Gasteiger partial charge in [0, 0.05) is 36.4 Å². The third-order valence-electron chi connectivity index (χ3n) is 2.16. The van der Waals surface area contributed by atoms with Crippen LogP contribution in [0.2, 0.25) is 0 Å². The van der Waals surface area contributed by atoms with Crippen molar-refractivity contribution in [3.8, 4) is 23.0 Å². The standard InChI is InChI=1S/C12H9BF2O4/c14-7-1-9(16)5-11(3-7)18-13-19-12-4-8(15)2-10(17)6-12/h1-6,13,16-17H. The van der Waals surface area contributed by atoms with Crippen molar-refractivity contribution in [2.24, 2.45) is 0 Å². The van der Waals surface area contributed by atoms with Crippen molar-refractivity contribution in [2.45, 2.75) is 0 Å². The molecule has 0 aromatic heterocycles. The smallest absolute Gasteiger partial charge is 0.528 e. The molecule has 0 saturated heterocycles. The predicted molar refractivity (Wildman–Crippen MR) is 64.5 cm³/mol. The molecule has 0 saturated carbocycles. The molecule has 2 N–H and O–H groups in total. The van der Waals surface area contributed by atoms with Gasteiger partial charge in [0.25, 0.3) is 0 Å². The lowest BCUT2D eigenvalue weighted by molar-refractivity contribution is 0.434. The molecule has 2 aromatic rings. The molecular weight excluding hydrogens is 257 g/mol. The zero-order valence-corrected chi connectivity index (χ0v) is 9.64. The van der Waals surface area contributed by atoms with Crippen LogP contribution in [-0.4, -0.2) is 17.9 Å². The number of rotatable bonds is 4. The number of hydrogen-bond acceptors (Lipinski definition) is 4. The van der Waals surface area contributed by atoms with Crippen LogP contribution in [0.15, 0.2) is 36.4 Å². The zero-order chi connectivity index (χ0) is 13.8. The topological polar surface area (TPSA) is 58.9 Å². The van der Waals surface area contributed by atoms with E-state index < -0.39 is 11.6 Å². The van der Waals surface area contributed by atoms with E-state index in [1.807, 2.05) is 0 Å². The Kier molecular flexibility index (Phi) is 3.75. The van der Waals surface area contributed by atoms with Crippen molar-refractivity contribution in [3.63, 3.8) is 0 Å². The second-order valence-electron chi connectivity index (χ2n) is 3.70. The van der Waals surface area contributed by atoms with E-state index >= 15 is 0 Å². The van der Waals surface area contributed by atoms with Crippen LogP contribution in [0.1, 0.15) is 0 Å². The average Bonchev–Trinajstić information content (AvgIpc) is 2.26. The minimum atomic E-state index is -0.654. The van der Waals surface area contributed by atoms with Gasteiger partial charge in [-0.3, -0.25) is 0 Å². The molecule has 0 amide bonds. The summed E-state index contributed by atoms with van der Waals surface area (Å²) in [6.45, 7) is 0. The lowest BCUT2D eigenvalue weighted by Crippen LogP contribution is -2.11. The van der Waals surface area contributed by atoms with Crippen molar-refractivity contribution in [1.29, 1.82) is 0 Å². The molecule has 0 unspecified atom stereocenters. The van der Waals surface area contributed by atoms with Crippen molar-refractivity contribution >= 4 is 7.69 Å². The van der Waals surface area contributed by atoms with Crippen LogP contribution in [0.4, 0.5) is 8.78 Å². The molecule has 0 radical (unpaired) electrons. The second-order valence-corrected chi connectivity index (χ2v) is 3.70. The van der Waals surface area contributed by atoms with Gasteiger partial charge < -0.3 is 19.5 Å². The molecule has 0 atom stereocenters. The normalized spacial score (nSPS) is 10.0. The highest BCUT2D eigenvalue weighted by Crippen LogP contribution is 2.22. The maximum Gasteiger partial charge on any atom is 0.576 e. The summed E-state index contributed by atoms with van der Waals surface area (Å²) in [4.78, 5) is 0. The van der Waals surface area contributed by atoms with Crippen LogP contribution >= 0.6 is 0 Å². The van der Waals surface area contributed by atoms with E-state index in [0.29, 0.717) is 0 Å². The summed E-state index contributed by atoms with van der Waals surface area (Å²) in [5, 5.41) is 18.3. The van der Waals surface area contributed by atoms with Gasteiger partial charge in [0.1, 0.15) is 34.6 Å². The Hall–Kier alpha value is -2.44. The third-order valence-corrected chi connectivity index (χ3v) is 2.16. The maximum absolute atomic E-state index is 12.9. The van der Waals surface area contributed by atoms with Gasteiger partial charge in [-0.15, -0.1) is 0 Å². The van der Waals surface area contributed by atoms with Crippen molar-refractivity contribution in [1.82, 2.24) is 0 Å². The number of phenols is 2. The van der Waals surface area contributed by atoms with E-state index in [1.54, 1.807) is 0 Å². The highest BCUT2D eigenvalue weighted by Gasteiger charge is 2.05. The molecule has 0 heterocycles. The molecule has 0 aliphatic heterocycles. The highest BCUT2D eigenvalue weighted by atomic mass is 19.1. The first kappa shape index (κ1) is 13.0. The van der Waals surface area contributed by atoms with Crippen LogP contribution in [0.25, 0.3) is 0 Å². The van der Waals surface area contributed by atoms with Crippen LogP contribution < -0.4 is 9.31 Å². The first-order chi connectivity index (χ1) is 9.02. The first-order valence-corrected chi connectivity index (χ1v) is 5.27. The fraction of sp³-hybridized carbons (Fsp3) is 0. The molecule has 0 aliphatic carbocycles. The van der Waals surface area contributed by atoms with E-state index in [1.165, 1.54) is 12.1 Å². The van der Waals surface area contributed by atoms with Gasteiger partial charge in [-0.05, 0) is 0 Å². The summed E-state index contributed by atoms with van der Waals surface area (Å²) in [5.41, 5.74) is 0. The Morgan fingerprint density at radius 2 is 1.16 bits per heavy atom. The van der Waals surface area contributed by atoms with E-state index in [-0.39, 0.29) is 30.7 Å². The monoisotopic (exact) mass is 266 g/mol. The number of benzene rings is 2. The molecule has 7 heteroatoms. The summed E-state index contributed by atoms with van der Waals surface area (Å²) < 4.78 is 35.9. The fourth-order valence-corrected chi connectivity index (χ4v) is 1.43. The molecule has 98 valence electrons. The van der Waals surface area contributed by atoms with Gasteiger partial charge in [-0.25, -0.2) is 8.78 Å². The molecule has 0 spiro atoms. The molecule has 19 heavy (non-hydrogen) atoms. The van der Waals surface area contributed by atoms with E-state index in [4.69, 9.17) is 19.5 Å². The van der Waals surface area contributed by atoms with Crippen molar-refractivity contribution < 1.29 is 28.3 Å². The lowest BCUT2D eigenvalue weighted by atomic mass is 10.2. The number of hydrogen-bond donors (Lipinski definition) is 2. The predicted octanol–water partition coefficient (Wildman–Crippen LogP) is 2.10. The Bertz CT molecular complexity index is 500.